The summed E-state index contributed by atoms with van der Waals surface area (Å²) >= 11 is 6.02. The van der Waals surface area contributed by atoms with Crippen molar-refractivity contribution in [3.63, 3.8) is 0 Å². The number of hydrogen-bond donors (Lipinski definition) is 3. The SMILES string of the molecule is CCc1ccc(NC(=O)COc2ccc(Cl)cc2/C=N\NC(=O)C(=O)NC2CC2)cc1. The molecule has 1 aliphatic carbocycles. The first-order chi connectivity index (χ1) is 14.9. The number of carbonyl (C=O) groups excluding carboxylic acids is 3. The summed E-state index contributed by atoms with van der Waals surface area (Å²) in [4.78, 5) is 35.6. The predicted molar refractivity (Wildman–Crippen MR) is 118 cm³/mol. The van der Waals surface area contributed by atoms with E-state index in [-0.39, 0.29) is 18.6 Å². The third kappa shape index (κ3) is 7.11. The predicted octanol–water partition coefficient (Wildman–Crippen LogP) is 2.65. The second-order valence-electron chi connectivity index (χ2n) is 7.02. The van der Waals surface area contributed by atoms with Crippen molar-refractivity contribution in [2.24, 2.45) is 5.10 Å². The second kappa shape index (κ2) is 10.6. The zero-order valence-electron chi connectivity index (χ0n) is 17.0. The first-order valence-electron chi connectivity index (χ1n) is 9.89. The van der Waals surface area contributed by atoms with Gasteiger partial charge in [-0.25, -0.2) is 5.43 Å². The highest BCUT2D eigenvalue weighted by Crippen LogP contribution is 2.21. The average Bonchev–Trinajstić information content (AvgIpc) is 3.57. The Balaban J connectivity index is 1.55. The number of carbonyl (C=O) groups is 3. The molecule has 3 rings (SSSR count). The van der Waals surface area contributed by atoms with Gasteiger partial charge in [0.1, 0.15) is 5.75 Å². The molecule has 2 aromatic rings. The smallest absolute Gasteiger partial charge is 0.329 e. The summed E-state index contributed by atoms with van der Waals surface area (Å²) in [5.74, 6) is -1.57. The zero-order valence-corrected chi connectivity index (χ0v) is 17.7. The fraction of sp³-hybridized carbons (Fsp3) is 0.273. The van der Waals surface area contributed by atoms with Gasteiger partial charge in [0.15, 0.2) is 6.61 Å². The summed E-state index contributed by atoms with van der Waals surface area (Å²) in [6.45, 7) is 1.83. The van der Waals surface area contributed by atoms with Gasteiger partial charge in [0.25, 0.3) is 5.91 Å². The third-order valence-electron chi connectivity index (χ3n) is 4.47. The van der Waals surface area contributed by atoms with Gasteiger partial charge in [-0.05, 0) is 55.2 Å². The van der Waals surface area contributed by atoms with Gasteiger partial charge in [-0.1, -0.05) is 30.7 Å². The monoisotopic (exact) mass is 442 g/mol. The topological polar surface area (TPSA) is 109 Å². The summed E-state index contributed by atoms with van der Waals surface area (Å²) in [7, 11) is 0. The van der Waals surface area contributed by atoms with Crippen molar-refractivity contribution in [2.45, 2.75) is 32.2 Å². The van der Waals surface area contributed by atoms with Gasteiger partial charge in [0.05, 0.1) is 6.21 Å². The molecule has 8 nitrogen and oxygen atoms in total. The molecule has 3 N–H and O–H groups in total. The lowest BCUT2D eigenvalue weighted by molar-refractivity contribution is -0.139. The van der Waals surface area contributed by atoms with Crippen LogP contribution in [0.5, 0.6) is 5.75 Å². The number of anilines is 1. The molecule has 0 heterocycles. The molecule has 0 atom stereocenters. The number of benzene rings is 2. The number of hydrazone groups is 1. The van der Waals surface area contributed by atoms with Crippen molar-refractivity contribution in [1.29, 1.82) is 0 Å². The summed E-state index contributed by atoms with van der Waals surface area (Å²) in [5, 5.41) is 9.53. The van der Waals surface area contributed by atoms with E-state index in [2.05, 4.69) is 28.1 Å². The normalized spacial score (nSPS) is 13.0. The molecule has 0 spiro atoms. The van der Waals surface area contributed by atoms with E-state index >= 15 is 0 Å². The zero-order chi connectivity index (χ0) is 22.2. The van der Waals surface area contributed by atoms with Crippen LogP contribution in [0.15, 0.2) is 47.6 Å². The number of amides is 3. The molecule has 0 radical (unpaired) electrons. The Morgan fingerprint density at radius 3 is 2.55 bits per heavy atom. The maximum absolute atomic E-state index is 12.2. The summed E-state index contributed by atoms with van der Waals surface area (Å²) in [6, 6.07) is 12.4. The molecule has 0 aromatic heterocycles. The van der Waals surface area contributed by atoms with Gasteiger partial charge in [-0.3, -0.25) is 14.4 Å². The Kier molecular flexibility index (Phi) is 7.61. The van der Waals surface area contributed by atoms with Gasteiger partial charge in [0, 0.05) is 22.3 Å². The number of rotatable bonds is 8. The van der Waals surface area contributed by atoms with E-state index in [1.807, 2.05) is 24.3 Å². The van der Waals surface area contributed by atoms with E-state index in [0.717, 1.165) is 19.3 Å². The first-order valence-corrected chi connectivity index (χ1v) is 10.3. The largest absolute Gasteiger partial charge is 0.483 e. The molecule has 31 heavy (non-hydrogen) atoms. The molecule has 0 bridgehead atoms. The van der Waals surface area contributed by atoms with Crippen LogP contribution in [0.25, 0.3) is 0 Å². The minimum absolute atomic E-state index is 0.0749. The van der Waals surface area contributed by atoms with E-state index in [4.69, 9.17) is 16.3 Å². The van der Waals surface area contributed by atoms with E-state index in [1.165, 1.54) is 11.8 Å². The summed E-state index contributed by atoms with van der Waals surface area (Å²) in [6.07, 6.45) is 3.97. The third-order valence-corrected chi connectivity index (χ3v) is 4.70. The van der Waals surface area contributed by atoms with Gasteiger partial charge < -0.3 is 15.4 Å². The van der Waals surface area contributed by atoms with Crippen LogP contribution in [-0.2, 0) is 20.8 Å². The Morgan fingerprint density at radius 2 is 1.87 bits per heavy atom. The van der Waals surface area contributed by atoms with Crippen molar-refractivity contribution < 1.29 is 19.1 Å². The summed E-state index contributed by atoms with van der Waals surface area (Å²) in [5.41, 5.74) is 4.45. The van der Waals surface area contributed by atoms with Crippen molar-refractivity contribution >= 4 is 41.2 Å². The van der Waals surface area contributed by atoms with E-state index in [9.17, 15) is 14.4 Å². The minimum atomic E-state index is -0.860. The fourth-order valence-electron chi connectivity index (χ4n) is 2.61. The molecular formula is C22H23ClN4O4. The van der Waals surface area contributed by atoms with Crippen molar-refractivity contribution in [3.05, 3.63) is 58.6 Å². The lowest BCUT2D eigenvalue weighted by atomic mass is 10.1. The van der Waals surface area contributed by atoms with Crippen LogP contribution < -0.4 is 20.8 Å². The van der Waals surface area contributed by atoms with Crippen LogP contribution in [0.3, 0.4) is 0 Å². The molecule has 9 heteroatoms. The van der Waals surface area contributed by atoms with E-state index < -0.39 is 11.8 Å². The molecular weight excluding hydrogens is 420 g/mol. The maximum Gasteiger partial charge on any atom is 0.329 e. The van der Waals surface area contributed by atoms with E-state index in [0.29, 0.717) is 22.0 Å². The van der Waals surface area contributed by atoms with Crippen LogP contribution in [0.1, 0.15) is 30.9 Å². The molecule has 1 fully saturated rings. The van der Waals surface area contributed by atoms with Crippen LogP contribution in [0.4, 0.5) is 5.69 Å². The molecule has 2 aromatic carbocycles. The minimum Gasteiger partial charge on any atom is -0.483 e. The van der Waals surface area contributed by atoms with Gasteiger partial charge >= 0.3 is 11.8 Å². The van der Waals surface area contributed by atoms with Crippen molar-refractivity contribution in [3.8, 4) is 5.75 Å². The van der Waals surface area contributed by atoms with Crippen molar-refractivity contribution in [1.82, 2.24) is 10.7 Å². The summed E-state index contributed by atoms with van der Waals surface area (Å²) < 4.78 is 5.58. The number of ether oxygens (including phenoxy) is 1. The standard InChI is InChI=1S/C22H23ClN4O4/c1-2-14-3-6-17(7-4-14)25-20(28)13-31-19-10-5-16(23)11-15(19)12-24-27-22(30)21(29)26-18-8-9-18/h3-7,10-12,18H,2,8-9,13H2,1H3,(H,25,28)(H,26,29)(H,27,30)/b24-12-. The number of aryl methyl sites for hydroxylation is 1. The van der Waals surface area contributed by atoms with Crippen LogP contribution >= 0.6 is 11.6 Å². The Bertz CT molecular complexity index is 988. The number of nitrogens with zero attached hydrogens (tertiary/aromatic N) is 1. The molecule has 0 saturated heterocycles. The Hall–Kier alpha value is -3.39. The lowest BCUT2D eigenvalue weighted by Gasteiger charge is -2.10. The molecule has 3 amide bonds. The molecule has 0 unspecified atom stereocenters. The molecule has 162 valence electrons. The first kappa shape index (κ1) is 22.3. The highest BCUT2D eigenvalue weighted by molar-refractivity contribution is 6.35. The molecule has 1 aliphatic rings. The number of nitrogens with one attached hydrogen (secondary N) is 3. The average molecular weight is 443 g/mol. The quantitative estimate of drug-likeness (QED) is 0.331. The van der Waals surface area contributed by atoms with Gasteiger partial charge in [-0.15, -0.1) is 0 Å². The van der Waals surface area contributed by atoms with Crippen LogP contribution in [0.2, 0.25) is 5.02 Å². The van der Waals surface area contributed by atoms with Crippen LogP contribution in [0, 0.1) is 0 Å². The maximum atomic E-state index is 12.2. The van der Waals surface area contributed by atoms with Gasteiger partial charge in [0.2, 0.25) is 0 Å². The molecule has 0 aliphatic heterocycles. The lowest BCUT2D eigenvalue weighted by Crippen LogP contribution is -2.38. The van der Waals surface area contributed by atoms with E-state index in [1.54, 1.807) is 18.2 Å². The Morgan fingerprint density at radius 1 is 1.13 bits per heavy atom. The Labute approximate surface area is 185 Å². The molecule has 1 saturated carbocycles. The number of halogens is 1. The number of hydrogen-bond acceptors (Lipinski definition) is 5. The van der Waals surface area contributed by atoms with Crippen LogP contribution in [-0.4, -0.2) is 36.6 Å². The highest BCUT2D eigenvalue weighted by atomic mass is 35.5. The fourth-order valence-corrected chi connectivity index (χ4v) is 2.79. The highest BCUT2D eigenvalue weighted by Gasteiger charge is 2.26. The second-order valence-corrected chi connectivity index (χ2v) is 7.45. The van der Waals surface area contributed by atoms with Gasteiger partial charge in [-0.2, -0.15) is 5.10 Å². The van der Waals surface area contributed by atoms with Crippen molar-refractivity contribution in [2.75, 3.05) is 11.9 Å².